The third kappa shape index (κ3) is 4.20. The van der Waals surface area contributed by atoms with E-state index in [-0.39, 0.29) is 24.2 Å². The van der Waals surface area contributed by atoms with Crippen LogP contribution in [-0.2, 0) is 16.1 Å². The molecule has 0 aliphatic carbocycles. The molecule has 1 aromatic heterocycles. The van der Waals surface area contributed by atoms with Crippen molar-refractivity contribution >= 4 is 11.7 Å². The Labute approximate surface area is 137 Å². The number of nitrogens with one attached hydrogen (secondary N) is 2. The summed E-state index contributed by atoms with van der Waals surface area (Å²) in [5, 5.41) is 6.19. The van der Waals surface area contributed by atoms with E-state index in [0.29, 0.717) is 6.54 Å². The lowest BCUT2D eigenvalue weighted by atomic mass is 10.2. The maximum atomic E-state index is 12.0. The molecule has 23 heavy (non-hydrogen) atoms. The minimum absolute atomic E-state index is 0.0291. The fourth-order valence-electron chi connectivity index (χ4n) is 3.29. The first kappa shape index (κ1) is 16.2. The van der Waals surface area contributed by atoms with E-state index in [1.54, 1.807) is 0 Å². The van der Waals surface area contributed by atoms with E-state index in [4.69, 9.17) is 4.74 Å². The number of pyridine rings is 1. The number of carbonyl (C=O) groups is 1. The van der Waals surface area contributed by atoms with Gasteiger partial charge in [-0.05, 0) is 44.9 Å². The summed E-state index contributed by atoms with van der Waals surface area (Å²) in [6.45, 7) is 7.36. The molecule has 2 saturated heterocycles. The van der Waals surface area contributed by atoms with Crippen molar-refractivity contribution in [2.45, 2.75) is 51.5 Å². The number of rotatable bonds is 4. The lowest BCUT2D eigenvalue weighted by Gasteiger charge is -2.36. The molecule has 2 fully saturated rings. The van der Waals surface area contributed by atoms with Crippen molar-refractivity contribution in [2.24, 2.45) is 0 Å². The van der Waals surface area contributed by atoms with Gasteiger partial charge >= 0.3 is 0 Å². The summed E-state index contributed by atoms with van der Waals surface area (Å²) in [5.41, 5.74) is 1.02. The summed E-state index contributed by atoms with van der Waals surface area (Å²) in [6, 6.07) is 4.04. The molecule has 0 bridgehead atoms. The summed E-state index contributed by atoms with van der Waals surface area (Å²) in [7, 11) is 0. The molecule has 1 amide bonds. The van der Waals surface area contributed by atoms with E-state index in [2.05, 4.69) is 34.4 Å². The molecule has 3 atom stereocenters. The van der Waals surface area contributed by atoms with Crippen molar-refractivity contribution in [1.82, 2.24) is 15.6 Å². The molecule has 0 spiro atoms. The molecule has 3 heterocycles. The number of anilines is 1. The average molecular weight is 318 g/mol. The Morgan fingerprint density at radius 3 is 2.78 bits per heavy atom. The monoisotopic (exact) mass is 318 g/mol. The summed E-state index contributed by atoms with van der Waals surface area (Å²) >= 11 is 0. The van der Waals surface area contributed by atoms with Gasteiger partial charge in [-0.2, -0.15) is 0 Å². The third-order valence-electron chi connectivity index (χ3n) is 4.40. The molecular weight excluding hydrogens is 292 g/mol. The maximum absolute atomic E-state index is 12.0. The lowest BCUT2D eigenvalue weighted by molar-refractivity contribution is -0.122. The molecule has 2 N–H and O–H groups in total. The molecule has 2 aliphatic rings. The highest BCUT2D eigenvalue weighted by molar-refractivity contribution is 5.81. The van der Waals surface area contributed by atoms with Gasteiger partial charge in [0.1, 0.15) is 5.82 Å². The van der Waals surface area contributed by atoms with E-state index in [9.17, 15) is 4.79 Å². The van der Waals surface area contributed by atoms with Crippen LogP contribution in [0.4, 0.5) is 5.82 Å². The molecular formula is C17H26N4O2. The van der Waals surface area contributed by atoms with Crippen LogP contribution < -0.4 is 15.5 Å². The molecule has 0 radical (unpaired) electrons. The van der Waals surface area contributed by atoms with Crippen LogP contribution in [0.3, 0.4) is 0 Å². The van der Waals surface area contributed by atoms with E-state index >= 15 is 0 Å². The van der Waals surface area contributed by atoms with Crippen molar-refractivity contribution in [1.29, 1.82) is 0 Å². The van der Waals surface area contributed by atoms with Gasteiger partial charge in [-0.15, -0.1) is 0 Å². The largest absolute Gasteiger partial charge is 0.372 e. The Hall–Kier alpha value is -1.66. The summed E-state index contributed by atoms with van der Waals surface area (Å²) in [5.74, 6) is 1.06. The van der Waals surface area contributed by atoms with Crippen molar-refractivity contribution in [2.75, 3.05) is 24.5 Å². The van der Waals surface area contributed by atoms with Crippen LogP contribution in [0.15, 0.2) is 18.3 Å². The standard InChI is InChI=1S/C17H26N4O2/c1-12-10-21(11-13(2)23-12)16-6-5-14(8-19-16)9-20-17(22)15-4-3-7-18-15/h5-6,8,12-13,15,18H,3-4,7,9-11H2,1-2H3,(H,20,22). The number of carbonyl (C=O) groups excluding carboxylic acids is 1. The SMILES string of the molecule is CC1CN(c2ccc(CNC(=O)C3CCCN3)cn2)CC(C)O1. The predicted molar refractivity (Wildman–Crippen MR) is 89.3 cm³/mol. The number of ether oxygens (including phenoxy) is 1. The summed E-state index contributed by atoms with van der Waals surface area (Å²) in [4.78, 5) is 18.8. The normalized spacial score (nSPS) is 27.9. The van der Waals surface area contributed by atoms with Gasteiger partial charge in [-0.1, -0.05) is 6.07 Å². The van der Waals surface area contributed by atoms with Gasteiger partial charge in [0.2, 0.25) is 5.91 Å². The number of aromatic nitrogens is 1. The molecule has 126 valence electrons. The third-order valence-corrected chi connectivity index (χ3v) is 4.40. The number of morpholine rings is 1. The molecule has 6 nitrogen and oxygen atoms in total. The van der Waals surface area contributed by atoms with E-state index in [1.165, 1.54) is 0 Å². The molecule has 3 rings (SSSR count). The summed E-state index contributed by atoms with van der Waals surface area (Å²) in [6.07, 6.45) is 4.29. The van der Waals surface area contributed by atoms with Crippen molar-refractivity contribution < 1.29 is 9.53 Å². The minimum Gasteiger partial charge on any atom is -0.372 e. The molecule has 3 unspecified atom stereocenters. The lowest BCUT2D eigenvalue weighted by Crippen LogP contribution is -2.45. The molecule has 6 heteroatoms. The van der Waals surface area contributed by atoms with Crippen LogP contribution in [0.25, 0.3) is 0 Å². The second-order valence-electron chi connectivity index (χ2n) is 6.55. The molecule has 0 saturated carbocycles. The van der Waals surface area contributed by atoms with Crippen LogP contribution in [0.1, 0.15) is 32.3 Å². The highest BCUT2D eigenvalue weighted by Gasteiger charge is 2.23. The Kier molecular flexibility index (Phi) is 5.13. The molecule has 1 aromatic rings. The first-order chi connectivity index (χ1) is 11.1. The second kappa shape index (κ2) is 7.27. The summed E-state index contributed by atoms with van der Waals surface area (Å²) < 4.78 is 5.75. The quantitative estimate of drug-likeness (QED) is 0.869. The highest BCUT2D eigenvalue weighted by atomic mass is 16.5. The zero-order valence-electron chi connectivity index (χ0n) is 13.9. The van der Waals surface area contributed by atoms with Crippen LogP contribution in [-0.4, -0.2) is 48.8 Å². The Morgan fingerprint density at radius 2 is 2.17 bits per heavy atom. The zero-order valence-corrected chi connectivity index (χ0v) is 13.9. The van der Waals surface area contributed by atoms with Gasteiger partial charge in [0.25, 0.3) is 0 Å². The minimum atomic E-state index is -0.0291. The Bertz CT molecular complexity index is 518. The van der Waals surface area contributed by atoms with Crippen LogP contribution in [0, 0.1) is 0 Å². The van der Waals surface area contributed by atoms with Crippen molar-refractivity contribution in [3.8, 4) is 0 Å². The van der Waals surface area contributed by atoms with E-state index in [0.717, 1.165) is 43.9 Å². The van der Waals surface area contributed by atoms with Gasteiger partial charge in [-0.25, -0.2) is 4.98 Å². The average Bonchev–Trinajstić information content (AvgIpc) is 3.07. The number of nitrogens with zero attached hydrogens (tertiary/aromatic N) is 2. The second-order valence-corrected chi connectivity index (χ2v) is 6.55. The topological polar surface area (TPSA) is 66.5 Å². The Morgan fingerprint density at radius 1 is 1.39 bits per heavy atom. The van der Waals surface area contributed by atoms with Gasteiger partial charge in [0.15, 0.2) is 0 Å². The fraction of sp³-hybridized carbons (Fsp3) is 0.647. The first-order valence-electron chi connectivity index (χ1n) is 8.48. The first-order valence-corrected chi connectivity index (χ1v) is 8.48. The smallest absolute Gasteiger partial charge is 0.237 e. The number of amides is 1. The fourth-order valence-corrected chi connectivity index (χ4v) is 3.29. The molecule has 0 aromatic carbocycles. The predicted octanol–water partition coefficient (Wildman–Crippen LogP) is 1.06. The highest BCUT2D eigenvalue weighted by Crippen LogP contribution is 2.18. The maximum Gasteiger partial charge on any atom is 0.237 e. The van der Waals surface area contributed by atoms with E-state index < -0.39 is 0 Å². The molecule has 2 aliphatic heterocycles. The zero-order chi connectivity index (χ0) is 16.2. The van der Waals surface area contributed by atoms with Crippen LogP contribution in [0.2, 0.25) is 0 Å². The van der Waals surface area contributed by atoms with Crippen LogP contribution in [0.5, 0.6) is 0 Å². The van der Waals surface area contributed by atoms with Gasteiger partial charge in [-0.3, -0.25) is 4.79 Å². The van der Waals surface area contributed by atoms with Crippen LogP contribution >= 0.6 is 0 Å². The van der Waals surface area contributed by atoms with Gasteiger partial charge < -0.3 is 20.3 Å². The van der Waals surface area contributed by atoms with Crippen molar-refractivity contribution in [3.05, 3.63) is 23.9 Å². The van der Waals surface area contributed by atoms with Gasteiger partial charge in [0, 0.05) is 25.8 Å². The van der Waals surface area contributed by atoms with E-state index in [1.807, 2.05) is 18.3 Å². The van der Waals surface area contributed by atoms with Gasteiger partial charge in [0.05, 0.1) is 18.2 Å². The van der Waals surface area contributed by atoms with Crippen molar-refractivity contribution in [3.63, 3.8) is 0 Å². The number of hydrogen-bond donors (Lipinski definition) is 2. The number of hydrogen-bond acceptors (Lipinski definition) is 5. The Balaban J connectivity index is 1.53.